The Kier molecular flexibility index (Phi) is 45.5. The topological polar surface area (TPSA) is 108 Å². The highest BCUT2D eigenvalue weighted by Gasteiger charge is 2.27. The summed E-state index contributed by atoms with van der Waals surface area (Å²) in [4.78, 5) is 35.5. The van der Waals surface area contributed by atoms with Gasteiger partial charge in [0.2, 0.25) is 0 Å². The number of phosphoric acid groups is 1. The molecule has 0 aromatic rings. The summed E-state index contributed by atoms with van der Waals surface area (Å²) in [5, 5.41) is 0. The molecule has 0 saturated heterocycles. The third-order valence-electron chi connectivity index (χ3n) is 12.0. The second-order valence-electron chi connectivity index (χ2n) is 19.6. The van der Waals surface area contributed by atoms with Gasteiger partial charge in [-0.15, -0.1) is 0 Å². The Balaban J connectivity index is 4.10. The zero-order valence-corrected chi connectivity index (χ0v) is 43.7. The Morgan fingerprint density at radius 1 is 0.469 bits per heavy atom. The lowest BCUT2D eigenvalue weighted by atomic mass is 10.0. The number of unbranched alkanes of at least 4 members (excludes halogenated alkanes) is 32. The van der Waals surface area contributed by atoms with Crippen LogP contribution in [-0.2, 0) is 32.7 Å². The highest BCUT2D eigenvalue weighted by Crippen LogP contribution is 2.43. The first kappa shape index (κ1) is 62.5. The molecule has 0 amide bonds. The van der Waals surface area contributed by atoms with Crippen molar-refractivity contribution >= 4 is 19.8 Å². The van der Waals surface area contributed by atoms with Gasteiger partial charge < -0.3 is 18.9 Å². The van der Waals surface area contributed by atoms with E-state index in [0.29, 0.717) is 17.4 Å². The summed E-state index contributed by atoms with van der Waals surface area (Å²) in [7, 11) is 1.48. The standard InChI is InChI=1S/C54H104NO8P/c1-6-8-10-12-14-16-18-20-21-22-23-24-25-26-27-28-29-30-31-32-33-35-37-39-41-43-45-47-54(57)63-52(51-62-64(58,59)61-49-48-55(3,4)5)50-60-53(56)46-44-42-40-38-36-34-19-17-15-13-11-9-7-2/h17,19,22-23,52H,6-16,18,20-21,24-51H2,1-5H3/p+1/b19-17-,23-22-. The molecule has 64 heavy (non-hydrogen) atoms. The van der Waals surface area contributed by atoms with Crippen molar-refractivity contribution in [2.24, 2.45) is 0 Å². The fourth-order valence-electron chi connectivity index (χ4n) is 7.71. The summed E-state index contributed by atoms with van der Waals surface area (Å²) in [6.07, 6.45) is 53.9. The second kappa shape index (κ2) is 46.6. The van der Waals surface area contributed by atoms with Crippen LogP contribution in [0.15, 0.2) is 24.3 Å². The fraction of sp³-hybridized carbons (Fsp3) is 0.889. The Morgan fingerprint density at radius 2 is 0.797 bits per heavy atom. The molecule has 378 valence electrons. The number of ether oxygens (including phenoxy) is 2. The molecule has 0 heterocycles. The van der Waals surface area contributed by atoms with Crippen LogP contribution >= 0.6 is 7.82 Å². The average Bonchev–Trinajstić information content (AvgIpc) is 3.25. The number of quaternary nitrogens is 1. The quantitative estimate of drug-likeness (QED) is 0.0211. The van der Waals surface area contributed by atoms with Crippen LogP contribution in [0.3, 0.4) is 0 Å². The van der Waals surface area contributed by atoms with Gasteiger partial charge >= 0.3 is 19.8 Å². The summed E-state index contributed by atoms with van der Waals surface area (Å²) >= 11 is 0. The van der Waals surface area contributed by atoms with E-state index in [0.717, 1.165) is 51.4 Å². The van der Waals surface area contributed by atoms with E-state index in [1.807, 2.05) is 21.1 Å². The van der Waals surface area contributed by atoms with E-state index in [9.17, 15) is 19.0 Å². The minimum Gasteiger partial charge on any atom is -0.462 e. The third kappa shape index (κ3) is 49.9. The molecule has 2 atom stereocenters. The minimum atomic E-state index is -4.38. The van der Waals surface area contributed by atoms with Gasteiger partial charge in [0.25, 0.3) is 0 Å². The van der Waals surface area contributed by atoms with Crippen LogP contribution in [0.25, 0.3) is 0 Å². The van der Waals surface area contributed by atoms with Crippen LogP contribution in [-0.4, -0.2) is 74.9 Å². The van der Waals surface area contributed by atoms with E-state index >= 15 is 0 Å². The van der Waals surface area contributed by atoms with Gasteiger partial charge in [0.15, 0.2) is 6.10 Å². The maximum Gasteiger partial charge on any atom is 0.472 e. The van der Waals surface area contributed by atoms with Gasteiger partial charge in [0.1, 0.15) is 19.8 Å². The third-order valence-corrected chi connectivity index (χ3v) is 12.9. The number of hydrogen-bond donors (Lipinski definition) is 1. The zero-order valence-electron chi connectivity index (χ0n) is 42.8. The SMILES string of the molecule is CCCCCC/C=C\CCCCCCCC(=O)OCC(COP(=O)(O)OCC[N+](C)(C)C)OC(=O)CCCCCCCCCCCCCCCCC/C=C\CCCCCCCCCC. The molecule has 0 spiro atoms. The maximum absolute atomic E-state index is 12.8. The molecule has 0 radical (unpaired) electrons. The molecule has 0 aromatic carbocycles. The predicted octanol–water partition coefficient (Wildman–Crippen LogP) is 16.3. The van der Waals surface area contributed by atoms with E-state index in [2.05, 4.69) is 38.2 Å². The lowest BCUT2D eigenvalue weighted by Crippen LogP contribution is -2.37. The lowest BCUT2D eigenvalue weighted by molar-refractivity contribution is -0.870. The van der Waals surface area contributed by atoms with Crippen molar-refractivity contribution in [3.05, 3.63) is 24.3 Å². The molecule has 9 nitrogen and oxygen atoms in total. The molecule has 0 bridgehead atoms. The van der Waals surface area contributed by atoms with Gasteiger partial charge in [-0.05, 0) is 64.2 Å². The lowest BCUT2D eigenvalue weighted by Gasteiger charge is -2.24. The molecule has 0 aliphatic heterocycles. The molecular formula is C54H105NO8P+. The summed E-state index contributed by atoms with van der Waals surface area (Å²) in [6, 6.07) is 0. The molecule has 0 fully saturated rings. The predicted molar refractivity (Wildman–Crippen MR) is 271 cm³/mol. The van der Waals surface area contributed by atoms with Crippen LogP contribution in [0.5, 0.6) is 0 Å². The molecule has 1 N–H and O–H groups in total. The summed E-state index contributed by atoms with van der Waals surface area (Å²) in [5.41, 5.74) is 0. The van der Waals surface area contributed by atoms with Crippen molar-refractivity contribution in [1.29, 1.82) is 0 Å². The van der Waals surface area contributed by atoms with Gasteiger partial charge in [-0.3, -0.25) is 18.6 Å². The number of esters is 2. The van der Waals surface area contributed by atoms with Crippen molar-refractivity contribution < 1.29 is 42.1 Å². The van der Waals surface area contributed by atoms with Crippen molar-refractivity contribution in [3.8, 4) is 0 Å². The molecule has 2 unspecified atom stereocenters. The molecule has 0 aliphatic rings. The number of rotatable bonds is 50. The highest BCUT2D eigenvalue weighted by atomic mass is 31.2. The van der Waals surface area contributed by atoms with Crippen LogP contribution in [0.4, 0.5) is 0 Å². The smallest absolute Gasteiger partial charge is 0.462 e. The molecule has 0 rings (SSSR count). The Hall–Kier alpha value is -1.51. The number of phosphoric ester groups is 1. The Bertz CT molecular complexity index is 1140. The van der Waals surface area contributed by atoms with Gasteiger partial charge in [0, 0.05) is 12.8 Å². The Morgan fingerprint density at radius 3 is 1.17 bits per heavy atom. The zero-order chi connectivity index (χ0) is 47.1. The van der Waals surface area contributed by atoms with Crippen molar-refractivity contribution in [1.82, 2.24) is 0 Å². The molecule has 0 aromatic heterocycles. The molecule has 10 heteroatoms. The first-order valence-electron chi connectivity index (χ1n) is 27.1. The van der Waals surface area contributed by atoms with E-state index < -0.39 is 26.5 Å². The van der Waals surface area contributed by atoms with E-state index in [-0.39, 0.29) is 32.0 Å². The number of carbonyl (C=O) groups excluding carboxylic acids is 2. The first-order valence-corrected chi connectivity index (χ1v) is 28.6. The van der Waals surface area contributed by atoms with E-state index in [1.54, 1.807) is 0 Å². The maximum atomic E-state index is 12.8. The number of allylic oxidation sites excluding steroid dienone is 4. The van der Waals surface area contributed by atoms with Crippen molar-refractivity contribution in [2.75, 3.05) is 47.5 Å². The number of likely N-dealkylation sites (N-methyl/N-ethyl adjacent to an activating group) is 1. The minimum absolute atomic E-state index is 0.0325. The Labute approximate surface area is 396 Å². The summed E-state index contributed by atoms with van der Waals surface area (Å²) in [6.45, 7) is 4.43. The molecule has 0 aliphatic carbocycles. The fourth-order valence-corrected chi connectivity index (χ4v) is 8.45. The molecule has 0 saturated carbocycles. The summed E-state index contributed by atoms with van der Waals surface area (Å²) < 4.78 is 34.4. The highest BCUT2D eigenvalue weighted by molar-refractivity contribution is 7.47. The van der Waals surface area contributed by atoms with Crippen LogP contribution in [0, 0.1) is 0 Å². The summed E-state index contributed by atoms with van der Waals surface area (Å²) in [5.74, 6) is -0.798. The van der Waals surface area contributed by atoms with Crippen LogP contribution in [0.1, 0.15) is 258 Å². The van der Waals surface area contributed by atoms with Gasteiger partial charge in [-0.25, -0.2) is 4.57 Å². The average molecular weight is 927 g/mol. The second-order valence-corrected chi connectivity index (χ2v) is 21.1. The van der Waals surface area contributed by atoms with Crippen LogP contribution in [0.2, 0.25) is 0 Å². The van der Waals surface area contributed by atoms with Gasteiger partial charge in [-0.2, -0.15) is 0 Å². The van der Waals surface area contributed by atoms with Crippen molar-refractivity contribution in [3.63, 3.8) is 0 Å². The monoisotopic (exact) mass is 927 g/mol. The van der Waals surface area contributed by atoms with Crippen LogP contribution < -0.4 is 0 Å². The normalized spacial score (nSPS) is 13.5. The van der Waals surface area contributed by atoms with Crippen molar-refractivity contribution in [2.45, 2.75) is 264 Å². The van der Waals surface area contributed by atoms with Gasteiger partial charge in [0.05, 0.1) is 27.7 Å². The van der Waals surface area contributed by atoms with E-state index in [1.165, 1.54) is 173 Å². The number of hydrogen-bond acceptors (Lipinski definition) is 7. The number of carbonyl (C=O) groups is 2. The van der Waals surface area contributed by atoms with Gasteiger partial charge in [-0.1, -0.05) is 205 Å². The van der Waals surface area contributed by atoms with E-state index in [4.69, 9.17) is 18.5 Å². The largest absolute Gasteiger partial charge is 0.472 e. The first-order chi connectivity index (χ1) is 31.0. The number of nitrogens with zero attached hydrogens (tertiary/aromatic N) is 1. The molecular weight excluding hydrogens is 822 g/mol.